The van der Waals surface area contributed by atoms with Crippen molar-refractivity contribution < 1.29 is 19.4 Å². The van der Waals surface area contributed by atoms with Crippen LogP contribution < -0.4 is 10.6 Å². The molecule has 0 aromatic heterocycles. The summed E-state index contributed by atoms with van der Waals surface area (Å²) in [4.78, 5) is 28.3. The largest absolute Gasteiger partial charge is 0.394 e. The number of aliphatic hydroxyl groups excluding tert-OH is 1. The van der Waals surface area contributed by atoms with Gasteiger partial charge in [-0.1, -0.05) is 18.2 Å². The number of likely N-dealkylation sites (N-methyl/N-ethyl adjacent to an activating group) is 1. The lowest BCUT2D eigenvalue weighted by atomic mass is 10.2. The lowest BCUT2D eigenvalue weighted by Crippen LogP contribution is -2.61. The van der Waals surface area contributed by atoms with Crippen LogP contribution in [0.25, 0.3) is 0 Å². The standard InChI is InChI=1S/C17H21IN4O4/c1-21-7-12(10-23)26-14(9-21)22-8-13(18)15(20-17(22)25)19-16(24)11-5-3-2-4-6-11/h2-6,8,12,14-15,23H,7,9-10H2,1H3,(H,19,24)(H,20,25). The van der Waals surface area contributed by atoms with Gasteiger partial charge in [0, 0.05) is 28.4 Å². The Bertz CT molecular complexity index is 699. The first kappa shape index (κ1) is 19.1. The Kier molecular flexibility index (Phi) is 6.12. The minimum atomic E-state index is -0.595. The SMILES string of the molecule is CN1CC(CO)OC(N2C=C(I)C(NC(=O)c3ccccc3)NC2=O)C1. The van der Waals surface area contributed by atoms with Gasteiger partial charge >= 0.3 is 6.03 Å². The van der Waals surface area contributed by atoms with Crippen LogP contribution in [-0.2, 0) is 4.74 Å². The molecule has 0 radical (unpaired) electrons. The molecule has 1 aromatic carbocycles. The number of aliphatic hydroxyl groups is 1. The molecule has 2 aliphatic rings. The maximum absolute atomic E-state index is 12.5. The molecular weight excluding hydrogens is 451 g/mol. The zero-order valence-electron chi connectivity index (χ0n) is 14.3. The second kappa shape index (κ2) is 8.33. The van der Waals surface area contributed by atoms with E-state index in [9.17, 15) is 14.7 Å². The summed E-state index contributed by atoms with van der Waals surface area (Å²) in [5.74, 6) is -0.263. The Morgan fingerprint density at radius 3 is 2.81 bits per heavy atom. The number of amides is 3. The quantitative estimate of drug-likeness (QED) is 0.561. The summed E-state index contributed by atoms with van der Waals surface area (Å²) in [5.41, 5.74) is 0.524. The van der Waals surface area contributed by atoms with E-state index in [4.69, 9.17) is 4.74 Å². The molecule has 1 aromatic rings. The number of nitrogens with one attached hydrogen (secondary N) is 2. The highest BCUT2D eigenvalue weighted by Crippen LogP contribution is 2.22. The van der Waals surface area contributed by atoms with Crippen LogP contribution in [0.5, 0.6) is 0 Å². The first-order valence-electron chi connectivity index (χ1n) is 8.24. The third-order valence-electron chi connectivity index (χ3n) is 4.20. The summed E-state index contributed by atoms with van der Waals surface area (Å²) >= 11 is 2.08. The molecule has 3 atom stereocenters. The minimum absolute atomic E-state index is 0.104. The van der Waals surface area contributed by atoms with Gasteiger partial charge in [-0.2, -0.15) is 0 Å². The van der Waals surface area contributed by atoms with Gasteiger partial charge in [-0.3, -0.25) is 14.6 Å². The molecule has 0 bridgehead atoms. The average Bonchev–Trinajstić information content (AvgIpc) is 2.64. The van der Waals surface area contributed by atoms with Crippen LogP contribution in [-0.4, -0.2) is 72.1 Å². The first-order chi connectivity index (χ1) is 12.5. The highest BCUT2D eigenvalue weighted by atomic mass is 127. The molecule has 9 heteroatoms. The molecule has 3 amide bonds. The molecule has 2 heterocycles. The number of carbonyl (C=O) groups excluding carboxylic acids is 2. The lowest BCUT2D eigenvalue weighted by Gasteiger charge is -2.41. The Hall–Kier alpha value is -1.69. The summed E-state index contributed by atoms with van der Waals surface area (Å²) in [6, 6.07) is 8.46. The molecule has 3 N–H and O–H groups in total. The van der Waals surface area contributed by atoms with Crippen molar-refractivity contribution in [2.45, 2.75) is 18.5 Å². The van der Waals surface area contributed by atoms with Crippen LogP contribution in [0.2, 0.25) is 0 Å². The summed E-state index contributed by atoms with van der Waals surface area (Å²) in [5, 5.41) is 14.9. The van der Waals surface area contributed by atoms with E-state index < -0.39 is 12.4 Å². The number of hydrogen-bond acceptors (Lipinski definition) is 5. The van der Waals surface area contributed by atoms with Crippen LogP contribution >= 0.6 is 22.6 Å². The number of benzene rings is 1. The molecule has 0 spiro atoms. The first-order valence-corrected chi connectivity index (χ1v) is 9.32. The molecule has 1 saturated heterocycles. The van der Waals surface area contributed by atoms with Crippen molar-refractivity contribution in [3.63, 3.8) is 0 Å². The molecule has 140 valence electrons. The van der Waals surface area contributed by atoms with Crippen LogP contribution in [0.1, 0.15) is 10.4 Å². The van der Waals surface area contributed by atoms with E-state index in [1.54, 1.807) is 30.5 Å². The summed E-state index contributed by atoms with van der Waals surface area (Å²) in [6.45, 7) is 1.04. The number of carbonyl (C=O) groups is 2. The minimum Gasteiger partial charge on any atom is -0.394 e. The number of hydrogen-bond donors (Lipinski definition) is 3. The van der Waals surface area contributed by atoms with E-state index in [1.165, 1.54) is 4.90 Å². The summed E-state index contributed by atoms with van der Waals surface area (Å²) in [7, 11) is 1.91. The van der Waals surface area contributed by atoms with Crippen LogP contribution in [0, 0.1) is 0 Å². The zero-order valence-corrected chi connectivity index (χ0v) is 16.4. The van der Waals surface area contributed by atoms with Gasteiger partial charge in [0.15, 0.2) is 6.23 Å². The van der Waals surface area contributed by atoms with Gasteiger partial charge < -0.3 is 20.5 Å². The fourth-order valence-electron chi connectivity index (χ4n) is 2.91. The van der Waals surface area contributed by atoms with Crippen molar-refractivity contribution in [1.82, 2.24) is 20.4 Å². The van der Waals surface area contributed by atoms with E-state index in [2.05, 4.69) is 33.2 Å². The fraction of sp³-hybridized carbons (Fsp3) is 0.412. The normalized spacial score (nSPS) is 26.9. The highest BCUT2D eigenvalue weighted by molar-refractivity contribution is 14.1. The molecule has 8 nitrogen and oxygen atoms in total. The van der Waals surface area contributed by atoms with E-state index in [-0.39, 0.29) is 24.6 Å². The van der Waals surface area contributed by atoms with Crippen molar-refractivity contribution in [1.29, 1.82) is 0 Å². The number of nitrogens with zero attached hydrogens (tertiary/aromatic N) is 2. The van der Waals surface area contributed by atoms with Crippen LogP contribution in [0.4, 0.5) is 4.79 Å². The molecule has 26 heavy (non-hydrogen) atoms. The van der Waals surface area contributed by atoms with E-state index in [1.807, 2.05) is 18.0 Å². The number of ether oxygens (including phenoxy) is 1. The second-order valence-corrected chi connectivity index (χ2v) is 7.51. The van der Waals surface area contributed by atoms with Gasteiger partial charge in [-0.05, 0) is 41.8 Å². The molecular formula is C17H21IN4O4. The molecule has 0 aliphatic carbocycles. The highest BCUT2D eigenvalue weighted by Gasteiger charge is 2.36. The van der Waals surface area contributed by atoms with Crippen LogP contribution in [0.3, 0.4) is 0 Å². The fourth-order valence-corrected chi connectivity index (χ4v) is 3.52. The van der Waals surface area contributed by atoms with Gasteiger partial charge in [0.2, 0.25) is 0 Å². The Labute approximate surface area is 165 Å². The zero-order chi connectivity index (χ0) is 18.7. The van der Waals surface area contributed by atoms with Crippen molar-refractivity contribution in [2.24, 2.45) is 0 Å². The van der Waals surface area contributed by atoms with E-state index >= 15 is 0 Å². The number of rotatable bonds is 4. The maximum atomic E-state index is 12.5. The van der Waals surface area contributed by atoms with Crippen LogP contribution in [0.15, 0.2) is 40.1 Å². The Morgan fingerprint density at radius 2 is 2.12 bits per heavy atom. The molecule has 3 rings (SSSR count). The van der Waals surface area contributed by atoms with Crippen molar-refractivity contribution >= 4 is 34.5 Å². The predicted molar refractivity (Wildman–Crippen MR) is 103 cm³/mol. The third-order valence-corrected chi connectivity index (χ3v) is 5.10. The van der Waals surface area contributed by atoms with E-state index in [0.717, 1.165) is 3.58 Å². The molecule has 2 aliphatic heterocycles. The maximum Gasteiger partial charge on any atom is 0.325 e. The van der Waals surface area contributed by atoms with Gasteiger partial charge in [0.1, 0.15) is 6.17 Å². The third kappa shape index (κ3) is 4.34. The van der Waals surface area contributed by atoms with Gasteiger partial charge in [-0.15, -0.1) is 0 Å². The topological polar surface area (TPSA) is 94.1 Å². The smallest absolute Gasteiger partial charge is 0.325 e. The number of morpholine rings is 1. The lowest BCUT2D eigenvalue weighted by molar-refractivity contribution is -0.136. The van der Waals surface area contributed by atoms with Crippen molar-refractivity contribution in [2.75, 3.05) is 26.7 Å². The number of urea groups is 1. The average molecular weight is 472 g/mol. The Balaban J connectivity index is 1.69. The van der Waals surface area contributed by atoms with Crippen molar-refractivity contribution in [3.8, 4) is 0 Å². The monoisotopic (exact) mass is 472 g/mol. The summed E-state index contributed by atoms with van der Waals surface area (Å²) < 4.78 is 6.54. The predicted octanol–water partition coefficient (Wildman–Crippen LogP) is 0.693. The molecule has 3 unspecified atom stereocenters. The van der Waals surface area contributed by atoms with E-state index in [0.29, 0.717) is 18.7 Å². The van der Waals surface area contributed by atoms with Gasteiger partial charge in [-0.25, -0.2) is 4.79 Å². The van der Waals surface area contributed by atoms with Crippen molar-refractivity contribution in [3.05, 3.63) is 45.7 Å². The Morgan fingerprint density at radius 1 is 1.38 bits per heavy atom. The van der Waals surface area contributed by atoms with Gasteiger partial charge in [0.25, 0.3) is 5.91 Å². The summed E-state index contributed by atoms with van der Waals surface area (Å²) in [6.07, 6.45) is 0.240. The second-order valence-electron chi connectivity index (χ2n) is 6.26. The molecule has 0 saturated carbocycles. The van der Waals surface area contributed by atoms with Gasteiger partial charge in [0.05, 0.1) is 12.7 Å². The molecule has 1 fully saturated rings. The number of halogens is 1.